The van der Waals surface area contributed by atoms with Crippen LogP contribution in [0.1, 0.15) is 16.9 Å². The Morgan fingerprint density at radius 1 is 1.39 bits per heavy atom. The molecule has 0 atom stereocenters. The SMILES string of the molecule is Cn1c(C(=O)N2CCNC(=O)CC2)cc(Cl)c1Cl. The van der Waals surface area contributed by atoms with E-state index >= 15 is 0 Å². The highest BCUT2D eigenvalue weighted by atomic mass is 35.5. The van der Waals surface area contributed by atoms with E-state index in [1.165, 1.54) is 0 Å². The van der Waals surface area contributed by atoms with Gasteiger partial charge in [-0.2, -0.15) is 0 Å². The lowest BCUT2D eigenvalue weighted by Gasteiger charge is -2.19. The summed E-state index contributed by atoms with van der Waals surface area (Å²) in [4.78, 5) is 25.1. The molecule has 0 aromatic carbocycles. The van der Waals surface area contributed by atoms with Gasteiger partial charge in [0.05, 0.1) is 5.02 Å². The third-order valence-corrected chi connectivity index (χ3v) is 3.78. The van der Waals surface area contributed by atoms with Crippen molar-refractivity contribution in [2.24, 2.45) is 7.05 Å². The molecule has 2 heterocycles. The van der Waals surface area contributed by atoms with Gasteiger partial charge in [0.1, 0.15) is 10.8 Å². The standard InChI is InChI=1S/C11H13Cl2N3O2/c1-15-8(6-7(12)10(15)13)11(18)16-4-2-9(17)14-3-5-16/h6H,2-5H2,1H3,(H,14,17). The van der Waals surface area contributed by atoms with Crippen LogP contribution in [0.5, 0.6) is 0 Å². The molecular formula is C11H13Cl2N3O2. The van der Waals surface area contributed by atoms with Crippen LogP contribution in [0.4, 0.5) is 0 Å². The Kier molecular flexibility index (Phi) is 3.82. The number of nitrogens with zero attached hydrogens (tertiary/aromatic N) is 2. The van der Waals surface area contributed by atoms with Crippen LogP contribution >= 0.6 is 23.2 Å². The molecule has 0 unspecified atom stereocenters. The van der Waals surface area contributed by atoms with E-state index in [9.17, 15) is 9.59 Å². The molecule has 0 radical (unpaired) electrons. The quantitative estimate of drug-likeness (QED) is 0.847. The number of carbonyl (C=O) groups excluding carboxylic acids is 2. The molecule has 0 spiro atoms. The van der Waals surface area contributed by atoms with Crippen LogP contribution in [0, 0.1) is 0 Å². The zero-order valence-electron chi connectivity index (χ0n) is 9.87. The number of hydrogen-bond donors (Lipinski definition) is 1. The largest absolute Gasteiger partial charge is 0.354 e. The summed E-state index contributed by atoms with van der Waals surface area (Å²) in [7, 11) is 1.68. The minimum Gasteiger partial charge on any atom is -0.354 e. The molecule has 0 saturated carbocycles. The van der Waals surface area contributed by atoms with Crippen LogP contribution in [0.2, 0.25) is 10.2 Å². The topological polar surface area (TPSA) is 54.3 Å². The molecule has 1 fully saturated rings. The lowest BCUT2D eigenvalue weighted by Crippen LogP contribution is -2.35. The van der Waals surface area contributed by atoms with Crippen molar-refractivity contribution in [3.05, 3.63) is 21.9 Å². The molecule has 98 valence electrons. The molecule has 2 amide bonds. The second-order valence-electron chi connectivity index (χ2n) is 4.12. The van der Waals surface area contributed by atoms with Crippen LogP contribution in [-0.2, 0) is 11.8 Å². The van der Waals surface area contributed by atoms with Crippen molar-refractivity contribution in [2.45, 2.75) is 6.42 Å². The van der Waals surface area contributed by atoms with Gasteiger partial charge in [-0.15, -0.1) is 0 Å². The van der Waals surface area contributed by atoms with E-state index in [0.717, 1.165) is 0 Å². The number of rotatable bonds is 1. The Morgan fingerprint density at radius 2 is 2.11 bits per heavy atom. The van der Waals surface area contributed by atoms with E-state index in [4.69, 9.17) is 23.2 Å². The molecule has 1 N–H and O–H groups in total. The first kappa shape index (κ1) is 13.2. The Hall–Kier alpha value is -1.20. The van der Waals surface area contributed by atoms with E-state index in [2.05, 4.69) is 5.32 Å². The fraction of sp³-hybridized carbons (Fsp3) is 0.455. The number of aromatic nitrogens is 1. The van der Waals surface area contributed by atoms with Gasteiger partial charge in [0, 0.05) is 33.1 Å². The van der Waals surface area contributed by atoms with Crippen LogP contribution in [0.25, 0.3) is 0 Å². The van der Waals surface area contributed by atoms with Gasteiger partial charge in [-0.25, -0.2) is 0 Å². The van der Waals surface area contributed by atoms with Crippen LogP contribution in [0.3, 0.4) is 0 Å². The average molecular weight is 290 g/mol. The van der Waals surface area contributed by atoms with Crippen LogP contribution < -0.4 is 5.32 Å². The minimum atomic E-state index is -0.164. The summed E-state index contributed by atoms with van der Waals surface area (Å²) in [5.74, 6) is -0.198. The fourth-order valence-electron chi connectivity index (χ4n) is 1.88. The summed E-state index contributed by atoms with van der Waals surface area (Å²) in [5, 5.41) is 3.41. The van der Waals surface area contributed by atoms with E-state index in [0.29, 0.717) is 41.9 Å². The molecule has 7 heteroatoms. The van der Waals surface area contributed by atoms with Crippen LogP contribution in [0.15, 0.2) is 6.07 Å². The van der Waals surface area contributed by atoms with Crippen LogP contribution in [-0.4, -0.2) is 40.9 Å². The van der Waals surface area contributed by atoms with Gasteiger partial charge in [0.2, 0.25) is 5.91 Å². The van der Waals surface area contributed by atoms with Gasteiger partial charge in [-0.1, -0.05) is 23.2 Å². The van der Waals surface area contributed by atoms with Gasteiger partial charge in [-0.3, -0.25) is 9.59 Å². The molecular weight excluding hydrogens is 277 g/mol. The van der Waals surface area contributed by atoms with E-state index in [1.807, 2.05) is 0 Å². The highest BCUT2D eigenvalue weighted by Gasteiger charge is 2.23. The third kappa shape index (κ3) is 2.47. The fourth-order valence-corrected chi connectivity index (χ4v) is 2.26. The molecule has 1 aromatic rings. The lowest BCUT2D eigenvalue weighted by atomic mass is 10.3. The van der Waals surface area contributed by atoms with Crippen molar-refractivity contribution in [2.75, 3.05) is 19.6 Å². The predicted molar refractivity (Wildman–Crippen MR) is 69.0 cm³/mol. The molecule has 18 heavy (non-hydrogen) atoms. The average Bonchev–Trinajstić information content (AvgIpc) is 2.55. The van der Waals surface area contributed by atoms with E-state index < -0.39 is 0 Å². The minimum absolute atomic E-state index is 0.0340. The monoisotopic (exact) mass is 289 g/mol. The van der Waals surface area contributed by atoms with E-state index in [-0.39, 0.29) is 11.8 Å². The summed E-state index contributed by atoms with van der Waals surface area (Å²) >= 11 is 11.8. The molecule has 1 aromatic heterocycles. The van der Waals surface area contributed by atoms with Crippen molar-refractivity contribution in [3.63, 3.8) is 0 Å². The van der Waals surface area contributed by atoms with Crippen molar-refractivity contribution >= 4 is 35.0 Å². The second-order valence-corrected chi connectivity index (χ2v) is 4.88. The molecule has 0 aliphatic carbocycles. The molecule has 1 saturated heterocycles. The Bertz CT molecular complexity index is 499. The molecule has 2 rings (SSSR count). The van der Waals surface area contributed by atoms with Gasteiger partial charge >= 0.3 is 0 Å². The van der Waals surface area contributed by atoms with Gasteiger partial charge in [0.25, 0.3) is 5.91 Å². The lowest BCUT2D eigenvalue weighted by molar-refractivity contribution is -0.120. The number of halogens is 2. The number of amides is 2. The summed E-state index contributed by atoms with van der Waals surface area (Å²) in [5.41, 5.74) is 0.430. The van der Waals surface area contributed by atoms with Gasteiger partial charge in [-0.05, 0) is 6.07 Å². The Labute approximate surface area is 115 Å². The smallest absolute Gasteiger partial charge is 0.270 e. The molecule has 1 aliphatic rings. The maximum atomic E-state index is 12.3. The Morgan fingerprint density at radius 3 is 2.72 bits per heavy atom. The summed E-state index contributed by atoms with van der Waals surface area (Å²) in [6, 6.07) is 1.55. The highest BCUT2D eigenvalue weighted by molar-refractivity contribution is 6.41. The maximum absolute atomic E-state index is 12.3. The molecule has 5 nitrogen and oxygen atoms in total. The summed E-state index contributed by atoms with van der Waals surface area (Å²) in [6.45, 7) is 1.37. The third-order valence-electron chi connectivity index (χ3n) is 2.94. The second kappa shape index (κ2) is 5.20. The maximum Gasteiger partial charge on any atom is 0.270 e. The molecule has 0 bridgehead atoms. The first-order chi connectivity index (χ1) is 8.50. The highest BCUT2D eigenvalue weighted by Crippen LogP contribution is 2.26. The van der Waals surface area contributed by atoms with Crippen molar-refractivity contribution < 1.29 is 9.59 Å². The summed E-state index contributed by atoms with van der Waals surface area (Å²) in [6.07, 6.45) is 0.317. The normalized spacial score (nSPS) is 16.4. The number of hydrogen-bond acceptors (Lipinski definition) is 2. The predicted octanol–water partition coefficient (Wildman–Crippen LogP) is 1.29. The zero-order chi connectivity index (χ0) is 13.3. The number of carbonyl (C=O) groups is 2. The van der Waals surface area contributed by atoms with Crippen molar-refractivity contribution in [3.8, 4) is 0 Å². The Balaban J connectivity index is 2.20. The first-order valence-electron chi connectivity index (χ1n) is 5.57. The zero-order valence-corrected chi connectivity index (χ0v) is 11.4. The van der Waals surface area contributed by atoms with Crippen molar-refractivity contribution in [1.82, 2.24) is 14.8 Å². The first-order valence-corrected chi connectivity index (χ1v) is 6.33. The van der Waals surface area contributed by atoms with Gasteiger partial charge in [0.15, 0.2) is 0 Å². The summed E-state index contributed by atoms with van der Waals surface area (Å²) < 4.78 is 1.55. The van der Waals surface area contributed by atoms with Crippen molar-refractivity contribution in [1.29, 1.82) is 0 Å². The van der Waals surface area contributed by atoms with E-state index in [1.54, 1.807) is 22.6 Å². The van der Waals surface area contributed by atoms with Gasteiger partial charge < -0.3 is 14.8 Å². The molecule has 1 aliphatic heterocycles. The number of nitrogens with one attached hydrogen (secondary N) is 1.